The number of nitrogens with zero attached hydrogens (tertiary/aromatic N) is 3. The predicted molar refractivity (Wildman–Crippen MR) is 230 cm³/mol. The van der Waals surface area contributed by atoms with Gasteiger partial charge in [-0.2, -0.15) is 0 Å². The maximum Gasteiger partial charge on any atom is 0.262 e. The van der Waals surface area contributed by atoms with Crippen molar-refractivity contribution in [2.75, 3.05) is 77.6 Å². The maximum absolute atomic E-state index is 13.6. The topological polar surface area (TPSA) is 149 Å². The van der Waals surface area contributed by atoms with Gasteiger partial charge in [0, 0.05) is 68.0 Å². The van der Waals surface area contributed by atoms with Crippen LogP contribution in [-0.2, 0) is 38.4 Å². The number of carbonyl (C=O) groups excluding carboxylic acids is 3. The van der Waals surface area contributed by atoms with Gasteiger partial charge in [0.15, 0.2) is 12.4 Å². The summed E-state index contributed by atoms with van der Waals surface area (Å²) >= 11 is 0. The Morgan fingerprint density at radius 1 is 0.950 bits per heavy atom. The van der Waals surface area contributed by atoms with Gasteiger partial charge in [-0.25, -0.2) is 0 Å². The number of piperidine rings is 1. The van der Waals surface area contributed by atoms with Crippen LogP contribution in [-0.4, -0.2) is 126 Å². The number of aromatic amines is 1. The van der Waals surface area contributed by atoms with E-state index in [1.807, 2.05) is 41.4 Å². The Balaban J connectivity index is 0.748. The number of hydrogen-bond donors (Lipinski definition) is 4. The van der Waals surface area contributed by atoms with E-state index >= 15 is 0 Å². The number of hydrogen-bond acceptors (Lipinski definition) is 9. The van der Waals surface area contributed by atoms with Crippen LogP contribution >= 0.6 is 0 Å². The molecule has 0 bridgehead atoms. The fourth-order valence-corrected chi connectivity index (χ4v) is 9.48. The molecule has 4 aliphatic rings. The Labute approximate surface area is 352 Å². The molecule has 0 atom stereocenters. The first-order valence-electron chi connectivity index (χ1n) is 22.0. The van der Waals surface area contributed by atoms with Crippen LogP contribution in [0.15, 0.2) is 66.9 Å². The number of phenolic OH excluding ortho intramolecular Hbond substituents is 1. The zero-order valence-corrected chi connectivity index (χ0v) is 34.7. The second-order valence-electron chi connectivity index (χ2n) is 16.9. The summed E-state index contributed by atoms with van der Waals surface area (Å²) in [6.45, 7) is 7.42. The molecule has 3 aliphatic heterocycles. The molecular weight excluding hydrogens is 761 g/mol. The molecule has 13 nitrogen and oxygen atoms in total. The molecule has 2 saturated heterocycles. The van der Waals surface area contributed by atoms with E-state index in [9.17, 15) is 19.5 Å². The number of fused-ring (bicyclic) bond motifs is 2. The fraction of sp³-hybridized carbons (Fsp3) is 0.511. The molecule has 13 heteroatoms. The molecule has 4 aromatic rings. The number of aromatic nitrogens is 1. The molecule has 3 fully saturated rings. The lowest BCUT2D eigenvalue weighted by Gasteiger charge is -2.47. The number of anilines is 1. The van der Waals surface area contributed by atoms with Crippen LogP contribution in [0.1, 0.15) is 78.4 Å². The first-order chi connectivity index (χ1) is 29.3. The van der Waals surface area contributed by atoms with E-state index in [0.29, 0.717) is 76.8 Å². The predicted octanol–water partition coefficient (Wildman–Crippen LogP) is 5.65. The number of likely N-dealkylation sites (tertiary alicyclic amines) is 1. The highest BCUT2D eigenvalue weighted by Crippen LogP contribution is 2.39. The van der Waals surface area contributed by atoms with Gasteiger partial charge >= 0.3 is 0 Å². The third-order valence-corrected chi connectivity index (χ3v) is 12.8. The number of carbonyl (C=O) groups is 3. The van der Waals surface area contributed by atoms with Gasteiger partial charge in [-0.3, -0.25) is 19.3 Å². The van der Waals surface area contributed by atoms with Crippen molar-refractivity contribution < 1.29 is 33.7 Å². The third-order valence-electron chi connectivity index (χ3n) is 12.8. The largest absolute Gasteiger partial charge is 0.506 e. The summed E-state index contributed by atoms with van der Waals surface area (Å²) in [6.07, 6.45) is 11.1. The minimum atomic E-state index is -0.296. The normalized spacial score (nSPS) is 18.3. The van der Waals surface area contributed by atoms with Gasteiger partial charge in [0.05, 0.1) is 38.4 Å². The molecule has 1 saturated carbocycles. The summed E-state index contributed by atoms with van der Waals surface area (Å²) in [4.78, 5) is 48.7. The number of rotatable bonds is 16. The van der Waals surface area contributed by atoms with Gasteiger partial charge in [-0.05, 0) is 86.0 Å². The van der Waals surface area contributed by atoms with Crippen LogP contribution in [0.2, 0.25) is 0 Å². The average Bonchev–Trinajstić information content (AvgIpc) is 3.76. The van der Waals surface area contributed by atoms with Crippen LogP contribution < -0.4 is 15.4 Å². The van der Waals surface area contributed by atoms with E-state index in [-0.39, 0.29) is 41.7 Å². The second-order valence-corrected chi connectivity index (χ2v) is 16.9. The molecule has 3 amide bonds. The number of nitrogens with one attached hydrogen (secondary N) is 3. The van der Waals surface area contributed by atoms with E-state index in [1.54, 1.807) is 6.07 Å². The highest BCUT2D eigenvalue weighted by Gasteiger charge is 2.41. The molecule has 4 heterocycles. The van der Waals surface area contributed by atoms with Crippen molar-refractivity contribution >= 4 is 34.3 Å². The van der Waals surface area contributed by atoms with Crippen molar-refractivity contribution in [1.82, 2.24) is 25.0 Å². The van der Waals surface area contributed by atoms with E-state index in [0.717, 1.165) is 86.6 Å². The van der Waals surface area contributed by atoms with Crippen molar-refractivity contribution in [2.24, 2.45) is 0 Å². The highest BCUT2D eigenvalue weighted by atomic mass is 16.5. The molecular formula is C47H60N6O7. The van der Waals surface area contributed by atoms with Crippen molar-refractivity contribution in [3.63, 3.8) is 0 Å². The molecule has 1 spiro atoms. The van der Waals surface area contributed by atoms with E-state index in [1.165, 1.54) is 17.5 Å². The van der Waals surface area contributed by atoms with Gasteiger partial charge in [0.1, 0.15) is 11.4 Å². The Kier molecular flexibility index (Phi) is 13.7. The van der Waals surface area contributed by atoms with Gasteiger partial charge < -0.3 is 44.7 Å². The molecule has 0 unspecified atom stereocenters. The molecule has 4 N–H and O–H groups in total. The summed E-state index contributed by atoms with van der Waals surface area (Å²) < 4.78 is 18.1. The lowest BCUT2D eigenvalue weighted by atomic mass is 9.88. The minimum Gasteiger partial charge on any atom is -0.506 e. The number of H-pyrrole nitrogens is 1. The number of morpholine rings is 1. The SMILES string of the molecule is O=C1COc2c(CCNCCN(C(=O)CCOCCc3cccc(CN4CCC5(CC4)CN(C(=O)c4cccc6[nH]ccc46)CCO5)c3)C3CCCCC3)ccc(O)c2N1. The third kappa shape index (κ3) is 10.1. The number of phenols is 1. The Hall–Kier alpha value is -4.95. The average molecular weight is 821 g/mol. The van der Waals surface area contributed by atoms with Crippen LogP contribution in [0.5, 0.6) is 11.5 Å². The lowest BCUT2D eigenvalue weighted by Crippen LogP contribution is -2.57. The van der Waals surface area contributed by atoms with E-state index in [2.05, 4.69) is 49.7 Å². The van der Waals surface area contributed by atoms with Crippen molar-refractivity contribution in [2.45, 2.75) is 82.4 Å². The summed E-state index contributed by atoms with van der Waals surface area (Å²) in [7, 11) is 0. The van der Waals surface area contributed by atoms with Crippen LogP contribution in [0.4, 0.5) is 5.69 Å². The number of ether oxygens (including phenoxy) is 3. The Bertz CT molecular complexity index is 2110. The number of benzene rings is 3. The smallest absolute Gasteiger partial charge is 0.262 e. The Morgan fingerprint density at radius 3 is 2.65 bits per heavy atom. The standard InChI is InChI=1S/C47H60N6O7/c54-41-13-12-36(45-44(41)50-42(55)32-59-45)14-20-48-22-25-53(37-8-2-1-3-9-37)43(56)17-28-58-27-16-34-6-4-7-35(30-34)31-51-23-18-47(19-24-51)33-52(26-29-60-47)46(57)39-10-5-11-40-38(39)15-21-49-40/h4-7,10-13,15,21,30,37,48-49,54H,1-3,8-9,14,16-20,22-29,31-33H2,(H,50,55). The van der Waals surface area contributed by atoms with Crippen molar-refractivity contribution in [3.8, 4) is 11.5 Å². The zero-order valence-electron chi connectivity index (χ0n) is 34.7. The summed E-state index contributed by atoms with van der Waals surface area (Å²) in [5.74, 6) is 0.471. The van der Waals surface area contributed by atoms with E-state index in [4.69, 9.17) is 14.2 Å². The Morgan fingerprint density at radius 2 is 1.78 bits per heavy atom. The summed E-state index contributed by atoms with van der Waals surface area (Å²) in [5, 5.41) is 17.3. The first-order valence-corrected chi connectivity index (χ1v) is 22.0. The van der Waals surface area contributed by atoms with Crippen LogP contribution in [0, 0.1) is 0 Å². The number of amides is 3. The monoisotopic (exact) mass is 820 g/mol. The molecule has 1 aromatic heterocycles. The molecule has 320 valence electrons. The lowest BCUT2D eigenvalue weighted by molar-refractivity contribution is -0.135. The van der Waals surface area contributed by atoms with Crippen molar-refractivity contribution in [3.05, 3.63) is 89.1 Å². The summed E-state index contributed by atoms with van der Waals surface area (Å²) in [6, 6.07) is 20.3. The van der Waals surface area contributed by atoms with Gasteiger partial charge in [-0.15, -0.1) is 0 Å². The van der Waals surface area contributed by atoms with Crippen LogP contribution in [0.3, 0.4) is 0 Å². The van der Waals surface area contributed by atoms with Gasteiger partial charge in [-0.1, -0.05) is 55.7 Å². The van der Waals surface area contributed by atoms with Gasteiger partial charge in [0.25, 0.3) is 11.8 Å². The summed E-state index contributed by atoms with van der Waals surface area (Å²) in [5.41, 5.74) is 5.19. The van der Waals surface area contributed by atoms with Gasteiger partial charge in [0.2, 0.25) is 5.91 Å². The fourth-order valence-electron chi connectivity index (χ4n) is 9.48. The molecule has 0 radical (unpaired) electrons. The first kappa shape index (κ1) is 41.8. The second kappa shape index (κ2) is 19.6. The quantitative estimate of drug-likeness (QED) is 0.0832. The molecule has 3 aromatic carbocycles. The molecule has 1 aliphatic carbocycles. The van der Waals surface area contributed by atoms with Crippen molar-refractivity contribution in [1.29, 1.82) is 0 Å². The zero-order chi connectivity index (χ0) is 41.3. The highest BCUT2D eigenvalue weighted by molar-refractivity contribution is 6.06. The molecule has 8 rings (SSSR count). The minimum absolute atomic E-state index is 0.00452. The van der Waals surface area contributed by atoms with Crippen LogP contribution in [0.25, 0.3) is 10.9 Å². The number of aromatic hydroxyl groups is 1. The molecule has 60 heavy (non-hydrogen) atoms. The maximum atomic E-state index is 13.6. The van der Waals surface area contributed by atoms with E-state index < -0.39 is 0 Å².